The molecule has 0 unspecified atom stereocenters. The van der Waals surface area contributed by atoms with E-state index < -0.39 is 23.8 Å². The summed E-state index contributed by atoms with van der Waals surface area (Å²) in [4.78, 5) is 24.6. The third-order valence-corrected chi connectivity index (χ3v) is 5.85. The second-order valence-corrected chi connectivity index (χ2v) is 8.56. The summed E-state index contributed by atoms with van der Waals surface area (Å²) in [6.45, 7) is 1.99. The fourth-order valence-electron chi connectivity index (χ4n) is 3.95. The topological polar surface area (TPSA) is 110 Å². The lowest BCUT2D eigenvalue weighted by atomic mass is 9.95. The minimum Gasteiger partial charge on any atom is -0.481 e. The molecule has 0 aliphatic rings. The molecule has 0 radical (unpaired) electrons. The molecular weight excluding hydrogens is 442 g/mol. The molecule has 0 bridgehead atoms. The largest absolute Gasteiger partial charge is 0.481 e. The summed E-state index contributed by atoms with van der Waals surface area (Å²) < 4.78 is 1.44. The lowest BCUT2D eigenvalue weighted by Gasteiger charge is -2.21. The maximum atomic E-state index is 13.1. The summed E-state index contributed by atoms with van der Waals surface area (Å²) in [5.41, 5.74) is 4.17. The number of carbonyl (C=O) groups is 2. The van der Waals surface area contributed by atoms with E-state index in [4.69, 9.17) is 0 Å². The summed E-state index contributed by atoms with van der Waals surface area (Å²) >= 11 is 0. The number of carboxylic acids is 1. The number of carbonyl (C=O) groups excluding carboxylic acids is 1. The molecule has 3 aromatic carbocycles. The van der Waals surface area contributed by atoms with E-state index in [1.54, 1.807) is 6.92 Å². The van der Waals surface area contributed by atoms with E-state index in [1.807, 2.05) is 84.9 Å². The maximum absolute atomic E-state index is 13.1. The van der Waals surface area contributed by atoms with Gasteiger partial charge in [-0.1, -0.05) is 91.9 Å². The predicted octanol–water partition coefficient (Wildman–Crippen LogP) is 3.84. The van der Waals surface area contributed by atoms with E-state index in [9.17, 15) is 14.7 Å². The Labute approximate surface area is 203 Å². The van der Waals surface area contributed by atoms with Gasteiger partial charge in [0.2, 0.25) is 5.82 Å². The minimum absolute atomic E-state index is 0.0845. The van der Waals surface area contributed by atoms with E-state index in [1.165, 1.54) is 4.68 Å². The zero-order chi connectivity index (χ0) is 24.6. The zero-order valence-electron chi connectivity index (χ0n) is 19.4. The van der Waals surface area contributed by atoms with Crippen molar-refractivity contribution in [2.75, 3.05) is 0 Å². The van der Waals surface area contributed by atoms with E-state index in [0.29, 0.717) is 13.0 Å². The molecule has 0 aliphatic heterocycles. The second-order valence-electron chi connectivity index (χ2n) is 8.56. The average molecular weight is 470 g/mol. The Morgan fingerprint density at radius 1 is 0.886 bits per heavy atom. The van der Waals surface area contributed by atoms with E-state index >= 15 is 0 Å². The molecule has 178 valence electrons. The molecule has 8 heteroatoms. The van der Waals surface area contributed by atoms with E-state index in [-0.39, 0.29) is 12.2 Å². The first-order chi connectivity index (χ1) is 17.0. The van der Waals surface area contributed by atoms with Crippen LogP contribution in [0.4, 0.5) is 0 Å². The summed E-state index contributed by atoms with van der Waals surface area (Å²) in [5, 5.41) is 23.9. The van der Waals surface area contributed by atoms with Crippen LogP contribution in [0.15, 0.2) is 84.9 Å². The van der Waals surface area contributed by atoms with E-state index in [0.717, 1.165) is 22.3 Å². The van der Waals surface area contributed by atoms with Gasteiger partial charge < -0.3 is 10.4 Å². The number of nitrogens with zero attached hydrogens (tertiary/aromatic N) is 4. The summed E-state index contributed by atoms with van der Waals surface area (Å²) in [7, 11) is 0. The van der Waals surface area contributed by atoms with Crippen LogP contribution >= 0.6 is 0 Å². The van der Waals surface area contributed by atoms with Crippen molar-refractivity contribution in [1.29, 1.82) is 0 Å². The van der Waals surface area contributed by atoms with Gasteiger partial charge in [0, 0.05) is 6.04 Å². The van der Waals surface area contributed by atoms with Gasteiger partial charge in [0.1, 0.15) is 0 Å². The number of tetrazole rings is 1. The molecule has 2 N–H and O–H groups in total. The number of nitrogens with one attached hydrogen (secondary N) is 1. The second kappa shape index (κ2) is 11.2. The molecule has 0 spiro atoms. The average Bonchev–Trinajstić information content (AvgIpc) is 3.34. The van der Waals surface area contributed by atoms with Crippen molar-refractivity contribution in [2.24, 2.45) is 5.92 Å². The molecule has 1 aromatic heterocycles. The third kappa shape index (κ3) is 6.38. The molecule has 1 amide bonds. The van der Waals surface area contributed by atoms with Crippen LogP contribution in [0.1, 0.15) is 35.1 Å². The van der Waals surface area contributed by atoms with Crippen LogP contribution in [0.3, 0.4) is 0 Å². The molecule has 0 saturated carbocycles. The highest BCUT2D eigenvalue weighted by Crippen LogP contribution is 2.21. The van der Waals surface area contributed by atoms with Crippen LogP contribution in [0.2, 0.25) is 0 Å². The Morgan fingerprint density at radius 3 is 2.17 bits per heavy atom. The van der Waals surface area contributed by atoms with Crippen LogP contribution in [0.5, 0.6) is 0 Å². The van der Waals surface area contributed by atoms with Crippen LogP contribution in [0.25, 0.3) is 11.1 Å². The number of aliphatic carboxylic acids is 1. The Bertz CT molecular complexity index is 1260. The Morgan fingerprint density at radius 2 is 1.51 bits per heavy atom. The van der Waals surface area contributed by atoms with Gasteiger partial charge in [0.15, 0.2) is 0 Å². The lowest BCUT2D eigenvalue weighted by Crippen LogP contribution is -2.40. The molecule has 2 atom stereocenters. The van der Waals surface area contributed by atoms with Crippen LogP contribution in [-0.4, -0.2) is 43.2 Å². The first kappa shape index (κ1) is 23.8. The van der Waals surface area contributed by atoms with Gasteiger partial charge in [-0.3, -0.25) is 9.59 Å². The smallest absolute Gasteiger partial charge is 0.306 e. The number of rotatable bonds is 10. The molecule has 4 aromatic rings. The van der Waals surface area contributed by atoms with E-state index in [2.05, 4.69) is 20.8 Å². The Balaban J connectivity index is 1.49. The highest BCUT2D eigenvalue weighted by Gasteiger charge is 2.24. The Kier molecular flexibility index (Phi) is 7.62. The van der Waals surface area contributed by atoms with Crippen LogP contribution in [-0.2, 0) is 17.8 Å². The zero-order valence-corrected chi connectivity index (χ0v) is 19.4. The first-order valence-corrected chi connectivity index (χ1v) is 11.5. The lowest BCUT2D eigenvalue weighted by molar-refractivity contribution is -0.141. The number of aromatic nitrogens is 4. The number of carboxylic acid groups (broad SMARTS) is 1. The number of benzene rings is 3. The van der Waals surface area contributed by atoms with Crippen molar-refractivity contribution < 1.29 is 14.7 Å². The van der Waals surface area contributed by atoms with Crippen LogP contribution in [0, 0.1) is 5.92 Å². The van der Waals surface area contributed by atoms with Crippen molar-refractivity contribution >= 4 is 11.9 Å². The molecule has 0 fully saturated rings. The monoisotopic (exact) mass is 469 g/mol. The van der Waals surface area contributed by atoms with Crippen LogP contribution < -0.4 is 5.32 Å². The third-order valence-electron chi connectivity index (χ3n) is 5.85. The molecule has 0 saturated heterocycles. The normalized spacial score (nSPS) is 12.6. The van der Waals surface area contributed by atoms with Crippen molar-refractivity contribution in [3.8, 4) is 11.1 Å². The van der Waals surface area contributed by atoms with Crippen molar-refractivity contribution in [3.05, 3.63) is 102 Å². The summed E-state index contributed by atoms with van der Waals surface area (Å²) in [6.07, 6.45) is 0.764. The van der Waals surface area contributed by atoms with Gasteiger partial charge >= 0.3 is 5.97 Å². The quantitative estimate of drug-likeness (QED) is 0.365. The number of amides is 1. The standard InChI is InChI=1S/C27H27N5O3/c1-19(27(34)35)16-24(17-20-12-14-23(15-13-20)22-10-6-3-7-11-22)28-26(33)25-29-30-31-32(25)18-21-8-4-2-5-9-21/h2-15,19,24H,16-18H2,1H3,(H,28,33)(H,34,35)/t19-,24+/m1/s1. The van der Waals surface area contributed by atoms with Gasteiger partial charge in [0.05, 0.1) is 12.5 Å². The minimum atomic E-state index is -0.905. The van der Waals surface area contributed by atoms with Crippen molar-refractivity contribution in [1.82, 2.24) is 25.5 Å². The van der Waals surface area contributed by atoms with Crippen molar-refractivity contribution in [2.45, 2.75) is 32.4 Å². The number of hydrogen-bond donors (Lipinski definition) is 2. The molecule has 4 rings (SSSR count). The Hall–Kier alpha value is -4.33. The molecule has 1 heterocycles. The molecular formula is C27H27N5O3. The maximum Gasteiger partial charge on any atom is 0.306 e. The van der Waals surface area contributed by atoms with Gasteiger partial charge in [-0.25, -0.2) is 4.68 Å². The summed E-state index contributed by atoms with van der Waals surface area (Å²) in [5.74, 6) is -1.88. The predicted molar refractivity (Wildman–Crippen MR) is 132 cm³/mol. The highest BCUT2D eigenvalue weighted by molar-refractivity contribution is 5.90. The molecule has 0 aliphatic carbocycles. The fourth-order valence-corrected chi connectivity index (χ4v) is 3.95. The van der Waals surface area contributed by atoms with Gasteiger partial charge in [-0.05, 0) is 45.5 Å². The van der Waals surface area contributed by atoms with Gasteiger partial charge in [-0.2, -0.15) is 0 Å². The highest BCUT2D eigenvalue weighted by atomic mass is 16.4. The van der Waals surface area contributed by atoms with Gasteiger partial charge in [0.25, 0.3) is 5.91 Å². The fraction of sp³-hybridized carbons (Fsp3) is 0.222. The van der Waals surface area contributed by atoms with Gasteiger partial charge in [-0.15, -0.1) is 5.10 Å². The molecule has 8 nitrogen and oxygen atoms in total. The molecule has 35 heavy (non-hydrogen) atoms. The summed E-state index contributed by atoms with van der Waals surface area (Å²) in [6, 6.07) is 27.3. The number of hydrogen-bond acceptors (Lipinski definition) is 5. The SMILES string of the molecule is C[C@H](C[C@@H](Cc1ccc(-c2ccccc2)cc1)NC(=O)c1nnnn1Cc1ccccc1)C(=O)O. The first-order valence-electron chi connectivity index (χ1n) is 11.5. The van der Waals surface area contributed by atoms with Crippen molar-refractivity contribution in [3.63, 3.8) is 0 Å².